The van der Waals surface area contributed by atoms with Gasteiger partial charge >= 0.3 is 6.18 Å². The molecule has 2 rings (SSSR count). The molecule has 0 aliphatic rings. The molecule has 2 aromatic rings. The van der Waals surface area contributed by atoms with Gasteiger partial charge in [0, 0.05) is 12.1 Å². The zero-order chi connectivity index (χ0) is 14.9. The fourth-order valence-corrected chi connectivity index (χ4v) is 1.72. The van der Waals surface area contributed by atoms with Crippen molar-refractivity contribution in [1.82, 2.24) is 0 Å². The van der Waals surface area contributed by atoms with Crippen LogP contribution in [0, 0.1) is 15.9 Å². The predicted molar refractivity (Wildman–Crippen MR) is 63.5 cm³/mol. The van der Waals surface area contributed by atoms with Gasteiger partial charge < -0.3 is 0 Å². The van der Waals surface area contributed by atoms with E-state index in [-0.39, 0.29) is 16.8 Å². The Kier molecular flexibility index (Phi) is 3.44. The summed E-state index contributed by atoms with van der Waals surface area (Å²) in [7, 11) is 0. The normalized spacial score (nSPS) is 11.4. The summed E-state index contributed by atoms with van der Waals surface area (Å²) >= 11 is 0. The lowest BCUT2D eigenvalue weighted by atomic mass is 10.0. The molecule has 0 saturated heterocycles. The summed E-state index contributed by atoms with van der Waals surface area (Å²) in [6, 6.07) is 7.59. The summed E-state index contributed by atoms with van der Waals surface area (Å²) in [6.45, 7) is 0. The molecule has 20 heavy (non-hydrogen) atoms. The van der Waals surface area contributed by atoms with E-state index in [1.807, 2.05) is 0 Å². The molecule has 3 nitrogen and oxygen atoms in total. The van der Waals surface area contributed by atoms with E-state index < -0.39 is 22.5 Å². The fraction of sp³-hybridized carbons (Fsp3) is 0.0769. The standard InChI is InChI=1S/C13H7F4NO2/c14-12-5-4-9(7-11(12)13(15,16)17)8-2-1-3-10(6-8)18(19)20/h1-7H. The van der Waals surface area contributed by atoms with Crippen LogP contribution in [0.3, 0.4) is 0 Å². The van der Waals surface area contributed by atoms with E-state index in [4.69, 9.17) is 0 Å². The van der Waals surface area contributed by atoms with Crippen LogP contribution in [0.5, 0.6) is 0 Å². The second kappa shape index (κ2) is 4.92. The number of nitro groups is 1. The number of hydrogen-bond acceptors (Lipinski definition) is 2. The maximum Gasteiger partial charge on any atom is 0.419 e. The van der Waals surface area contributed by atoms with E-state index in [9.17, 15) is 27.7 Å². The molecule has 0 bridgehead atoms. The Bertz CT molecular complexity index is 668. The van der Waals surface area contributed by atoms with Crippen LogP contribution < -0.4 is 0 Å². The Morgan fingerprint density at radius 3 is 2.25 bits per heavy atom. The molecule has 2 aromatic carbocycles. The van der Waals surface area contributed by atoms with E-state index in [2.05, 4.69) is 0 Å². The van der Waals surface area contributed by atoms with Crippen LogP contribution in [0.1, 0.15) is 5.56 Å². The Hall–Kier alpha value is -2.44. The first-order valence-corrected chi connectivity index (χ1v) is 5.40. The number of halogens is 4. The van der Waals surface area contributed by atoms with Gasteiger partial charge in [0.2, 0.25) is 0 Å². The number of alkyl halides is 3. The van der Waals surface area contributed by atoms with Gasteiger partial charge in [0.15, 0.2) is 0 Å². The average Bonchev–Trinajstić information content (AvgIpc) is 2.38. The second-order valence-electron chi connectivity index (χ2n) is 4.00. The molecular formula is C13H7F4NO2. The molecule has 0 aliphatic carbocycles. The van der Waals surface area contributed by atoms with E-state index in [1.165, 1.54) is 18.2 Å². The Morgan fingerprint density at radius 1 is 1.00 bits per heavy atom. The van der Waals surface area contributed by atoms with Gasteiger partial charge in [0.05, 0.1) is 10.5 Å². The van der Waals surface area contributed by atoms with Crippen LogP contribution >= 0.6 is 0 Å². The minimum Gasteiger partial charge on any atom is -0.258 e. The summed E-state index contributed by atoms with van der Waals surface area (Å²) < 4.78 is 51.0. The van der Waals surface area contributed by atoms with Crippen LogP contribution in [-0.2, 0) is 6.18 Å². The average molecular weight is 285 g/mol. The molecule has 0 fully saturated rings. The van der Waals surface area contributed by atoms with Crippen molar-refractivity contribution < 1.29 is 22.5 Å². The topological polar surface area (TPSA) is 43.1 Å². The molecule has 0 aromatic heterocycles. The first-order chi connectivity index (χ1) is 9.29. The summed E-state index contributed by atoms with van der Waals surface area (Å²) in [5, 5.41) is 10.6. The number of hydrogen-bond donors (Lipinski definition) is 0. The molecule has 7 heteroatoms. The molecule has 0 amide bonds. The first kappa shape index (κ1) is 14.0. The zero-order valence-corrected chi connectivity index (χ0v) is 9.82. The predicted octanol–water partition coefficient (Wildman–Crippen LogP) is 4.42. The highest BCUT2D eigenvalue weighted by Crippen LogP contribution is 2.34. The van der Waals surface area contributed by atoms with Crippen LogP contribution in [0.2, 0.25) is 0 Å². The molecular weight excluding hydrogens is 278 g/mol. The molecule has 0 atom stereocenters. The van der Waals surface area contributed by atoms with Crippen molar-refractivity contribution in [3.8, 4) is 11.1 Å². The van der Waals surface area contributed by atoms with Gasteiger partial charge in [-0.2, -0.15) is 13.2 Å². The molecule has 0 saturated carbocycles. The summed E-state index contributed by atoms with van der Waals surface area (Å²) in [4.78, 5) is 9.98. The van der Waals surface area contributed by atoms with Gasteiger partial charge in [-0.1, -0.05) is 18.2 Å². The van der Waals surface area contributed by atoms with Crippen molar-refractivity contribution >= 4 is 5.69 Å². The smallest absolute Gasteiger partial charge is 0.258 e. The van der Waals surface area contributed by atoms with E-state index in [0.29, 0.717) is 12.1 Å². The van der Waals surface area contributed by atoms with E-state index >= 15 is 0 Å². The molecule has 0 aliphatic heterocycles. The van der Waals surface area contributed by atoms with Gasteiger partial charge in [-0.15, -0.1) is 0 Å². The molecule has 0 unspecified atom stereocenters. The Morgan fingerprint density at radius 2 is 1.65 bits per heavy atom. The van der Waals surface area contributed by atoms with Crippen molar-refractivity contribution in [3.63, 3.8) is 0 Å². The van der Waals surface area contributed by atoms with Gasteiger partial charge in [0.1, 0.15) is 5.82 Å². The molecule has 0 spiro atoms. The quantitative estimate of drug-likeness (QED) is 0.465. The summed E-state index contributed by atoms with van der Waals surface area (Å²) in [5.74, 6) is -1.38. The third-order valence-corrected chi connectivity index (χ3v) is 2.66. The van der Waals surface area contributed by atoms with Gasteiger partial charge in [0.25, 0.3) is 5.69 Å². The van der Waals surface area contributed by atoms with Crippen molar-refractivity contribution in [2.45, 2.75) is 6.18 Å². The zero-order valence-electron chi connectivity index (χ0n) is 9.82. The van der Waals surface area contributed by atoms with Crippen LogP contribution in [0.15, 0.2) is 42.5 Å². The number of nitrogens with zero attached hydrogens (tertiary/aromatic N) is 1. The number of nitro benzene ring substituents is 1. The maximum atomic E-state index is 13.2. The van der Waals surface area contributed by atoms with E-state index in [0.717, 1.165) is 12.1 Å². The minimum absolute atomic E-state index is 0.0578. The summed E-state index contributed by atoms with van der Waals surface area (Å²) in [5.41, 5.74) is -1.38. The largest absolute Gasteiger partial charge is 0.419 e. The van der Waals surface area contributed by atoms with E-state index in [1.54, 1.807) is 0 Å². The van der Waals surface area contributed by atoms with Gasteiger partial charge in [-0.3, -0.25) is 10.1 Å². The van der Waals surface area contributed by atoms with Crippen molar-refractivity contribution in [3.05, 3.63) is 64.0 Å². The van der Waals surface area contributed by atoms with Crippen molar-refractivity contribution in [2.24, 2.45) is 0 Å². The highest BCUT2D eigenvalue weighted by atomic mass is 19.4. The van der Waals surface area contributed by atoms with Gasteiger partial charge in [-0.05, 0) is 23.3 Å². The molecule has 0 heterocycles. The number of benzene rings is 2. The third kappa shape index (κ3) is 2.76. The summed E-state index contributed by atoms with van der Waals surface area (Å²) in [6.07, 6.45) is -4.82. The first-order valence-electron chi connectivity index (χ1n) is 5.40. The lowest BCUT2D eigenvalue weighted by Gasteiger charge is -2.10. The van der Waals surface area contributed by atoms with Crippen LogP contribution in [0.25, 0.3) is 11.1 Å². The molecule has 0 N–H and O–H groups in total. The Labute approximate surface area is 110 Å². The maximum absolute atomic E-state index is 13.2. The second-order valence-corrected chi connectivity index (χ2v) is 4.00. The molecule has 104 valence electrons. The fourth-order valence-electron chi connectivity index (χ4n) is 1.72. The lowest BCUT2D eigenvalue weighted by Crippen LogP contribution is -2.08. The lowest BCUT2D eigenvalue weighted by molar-refractivity contribution is -0.384. The highest BCUT2D eigenvalue weighted by Gasteiger charge is 2.34. The SMILES string of the molecule is O=[N+]([O-])c1cccc(-c2ccc(F)c(C(F)(F)F)c2)c1. The number of non-ortho nitro benzene ring substituents is 1. The minimum atomic E-state index is -4.82. The van der Waals surface area contributed by atoms with Crippen molar-refractivity contribution in [1.29, 1.82) is 0 Å². The van der Waals surface area contributed by atoms with Crippen molar-refractivity contribution in [2.75, 3.05) is 0 Å². The van der Waals surface area contributed by atoms with Gasteiger partial charge in [-0.25, -0.2) is 4.39 Å². The third-order valence-electron chi connectivity index (χ3n) is 2.66. The monoisotopic (exact) mass is 285 g/mol. The van der Waals surface area contributed by atoms with Crippen LogP contribution in [-0.4, -0.2) is 4.92 Å². The Balaban J connectivity index is 2.54. The highest BCUT2D eigenvalue weighted by molar-refractivity contribution is 5.67. The molecule has 0 radical (unpaired) electrons. The van der Waals surface area contributed by atoms with Crippen LogP contribution in [0.4, 0.5) is 23.2 Å². The number of rotatable bonds is 2.